The van der Waals surface area contributed by atoms with Crippen LogP contribution in [0.4, 0.5) is 5.69 Å². The molecule has 0 spiro atoms. The second kappa shape index (κ2) is 9.99. The summed E-state index contributed by atoms with van der Waals surface area (Å²) in [6.07, 6.45) is 0.938. The van der Waals surface area contributed by atoms with Crippen LogP contribution in [0, 0.1) is 19.8 Å². The molecule has 0 bridgehead atoms. The van der Waals surface area contributed by atoms with Crippen molar-refractivity contribution in [3.8, 4) is 0 Å². The van der Waals surface area contributed by atoms with E-state index in [2.05, 4.69) is 4.72 Å². The molecule has 0 aliphatic carbocycles. The number of benzene rings is 3. The van der Waals surface area contributed by atoms with Gasteiger partial charge in [0.1, 0.15) is 0 Å². The highest BCUT2D eigenvalue weighted by Gasteiger charge is 2.28. The van der Waals surface area contributed by atoms with Crippen LogP contribution in [0.2, 0.25) is 0 Å². The number of likely N-dealkylation sites (tertiary alicyclic amines) is 1. The second-order valence-corrected chi connectivity index (χ2v) is 10.6. The number of aliphatic hydroxyl groups excluding tert-OH is 1. The summed E-state index contributed by atoms with van der Waals surface area (Å²) in [7, 11) is -3.73. The Morgan fingerprint density at radius 1 is 0.971 bits per heavy atom. The van der Waals surface area contributed by atoms with Gasteiger partial charge in [-0.15, -0.1) is 0 Å². The van der Waals surface area contributed by atoms with E-state index in [4.69, 9.17) is 0 Å². The van der Waals surface area contributed by atoms with E-state index in [0.717, 1.165) is 24.0 Å². The SMILES string of the molecule is Cc1ccc(C)c(S(=O)(=O)Nc2ccc(C(=O)N3CCC(C(O)c4ccccc4)CC3)cc2)c1. The molecule has 1 aliphatic rings. The van der Waals surface area contributed by atoms with E-state index in [9.17, 15) is 18.3 Å². The maximum absolute atomic E-state index is 13.0. The number of hydrogen-bond acceptors (Lipinski definition) is 4. The van der Waals surface area contributed by atoms with E-state index >= 15 is 0 Å². The number of amides is 1. The van der Waals surface area contributed by atoms with Crippen LogP contribution in [0.25, 0.3) is 0 Å². The summed E-state index contributed by atoms with van der Waals surface area (Å²) < 4.78 is 28.2. The summed E-state index contributed by atoms with van der Waals surface area (Å²) >= 11 is 0. The third-order valence-electron chi connectivity index (χ3n) is 6.43. The Bertz CT molecular complexity index is 1250. The fourth-order valence-corrected chi connectivity index (χ4v) is 5.80. The third-order valence-corrected chi connectivity index (χ3v) is 7.95. The van der Waals surface area contributed by atoms with Crippen molar-refractivity contribution in [1.82, 2.24) is 4.90 Å². The quantitative estimate of drug-likeness (QED) is 0.538. The van der Waals surface area contributed by atoms with Gasteiger partial charge in [0.25, 0.3) is 15.9 Å². The number of rotatable bonds is 6. The summed E-state index contributed by atoms with van der Waals surface area (Å²) in [6, 6.07) is 21.5. The van der Waals surface area contributed by atoms with Crippen LogP contribution < -0.4 is 4.72 Å². The van der Waals surface area contributed by atoms with Crippen LogP contribution in [0.15, 0.2) is 77.7 Å². The Morgan fingerprint density at radius 2 is 1.62 bits per heavy atom. The Morgan fingerprint density at radius 3 is 2.26 bits per heavy atom. The van der Waals surface area contributed by atoms with Crippen LogP contribution in [0.5, 0.6) is 0 Å². The van der Waals surface area contributed by atoms with Gasteiger partial charge >= 0.3 is 0 Å². The van der Waals surface area contributed by atoms with Crippen LogP contribution in [0.1, 0.15) is 46.0 Å². The highest BCUT2D eigenvalue weighted by Crippen LogP contribution is 2.31. The van der Waals surface area contributed by atoms with Gasteiger partial charge in [-0.25, -0.2) is 8.42 Å². The lowest BCUT2D eigenvalue weighted by Gasteiger charge is -2.34. The Labute approximate surface area is 201 Å². The van der Waals surface area contributed by atoms with Gasteiger partial charge < -0.3 is 10.0 Å². The number of aryl methyl sites for hydroxylation is 2. The minimum atomic E-state index is -3.73. The molecular formula is C27H30N2O4S. The molecule has 0 aromatic heterocycles. The summed E-state index contributed by atoms with van der Waals surface area (Å²) in [5.41, 5.74) is 3.36. The number of nitrogens with zero attached hydrogens (tertiary/aromatic N) is 1. The Hall–Kier alpha value is -3.16. The standard InChI is InChI=1S/C27H30N2O4S/c1-19-8-9-20(2)25(18-19)34(32,33)28-24-12-10-23(11-13-24)27(31)29-16-14-22(15-17-29)26(30)21-6-4-3-5-7-21/h3-13,18,22,26,28,30H,14-17H2,1-2H3. The molecule has 7 heteroatoms. The fourth-order valence-electron chi connectivity index (χ4n) is 4.41. The minimum Gasteiger partial charge on any atom is -0.388 e. The summed E-state index contributed by atoms with van der Waals surface area (Å²) in [4.78, 5) is 15.0. The number of anilines is 1. The van der Waals surface area contributed by atoms with Crippen molar-refractivity contribution in [3.05, 3.63) is 95.1 Å². The highest BCUT2D eigenvalue weighted by atomic mass is 32.2. The normalized spacial score (nSPS) is 15.7. The molecular weight excluding hydrogens is 448 g/mol. The number of hydrogen-bond donors (Lipinski definition) is 2. The third kappa shape index (κ3) is 5.32. The molecule has 1 heterocycles. The largest absolute Gasteiger partial charge is 0.388 e. The van der Waals surface area contributed by atoms with Crippen molar-refractivity contribution in [2.45, 2.75) is 37.7 Å². The molecule has 1 amide bonds. The monoisotopic (exact) mass is 478 g/mol. The smallest absolute Gasteiger partial charge is 0.262 e. The van der Waals surface area contributed by atoms with Crippen molar-refractivity contribution >= 4 is 21.6 Å². The molecule has 0 saturated carbocycles. The van der Waals surface area contributed by atoms with Gasteiger partial charge in [-0.3, -0.25) is 9.52 Å². The highest BCUT2D eigenvalue weighted by molar-refractivity contribution is 7.92. The van der Waals surface area contributed by atoms with Gasteiger partial charge in [-0.05, 0) is 79.6 Å². The van der Waals surface area contributed by atoms with Crippen molar-refractivity contribution in [3.63, 3.8) is 0 Å². The van der Waals surface area contributed by atoms with Crippen LogP contribution in [-0.4, -0.2) is 37.4 Å². The molecule has 3 aromatic carbocycles. The summed E-state index contributed by atoms with van der Waals surface area (Å²) in [5.74, 6) is 0.0323. The zero-order chi connectivity index (χ0) is 24.3. The van der Waals surface area contributed by atoms with Crippen LogP contribution in [-0.2, 0) is 10.0 Å². The molecule has 1 atom stereocenters. The minimum absolute atomic E-state index is 0.0865. The molecule has 1 aliphatic heterocycles. The zero-order valence-electron chi connectivity index (χ0n) is 19.4. The average Bonchev–Trinajstić information content (AvgIpc) is 2.85. The first kappa shape index (κ1) is 24.0. The van der Waals surface area contributed by atoms with Crippen LogP contribution in [0.3, 0.4) is 0 Å². The van der Waals surface area contributed by atoms with Gasteiger partial charge in [0, 0.05) is 24.3 Å². The van der Waals surface area contributed by atoms with Gasteiger partial charge in [-0.2, -0.15) is 0 Å². The number of nitrogens with one attached hydrogen (secondary N) is 1. The van der Waals surface area contributed by atoms with Gasteiger partial charge in [-0.1, -0.05) is 42.5 Å². The number of aliphatic hydroxyl groups is 1. The van der Waals surface area contributed by atoms with E-state index in [-0.39, 0.29) is 16.7 Å². The van der Waals surface area contributed by atoms with Crippen LogP contribution >= 0.6 is 0 Å². The van der Waals surface area contributed by atoms with E-state index in [0.29, 0.717) is 29.9 Å². The number of carbonyl (C=O) groups is 1. The van der Waals surface area contributed by atoms with Gasteiger partial charge in [0.05, 0.1) is 11.0 Å². The molecule has 3 aromatic rings. The van der Waals surface area contributed by atoms with E-state index in [1.807, 2.05) is 43.3 Å². The van der Waals surface area contributed by atoms with Gasteiger partial charge in [0.15, 0.2) is 0 Å². The first-order valence-corrected chi connectivity index (χ1v) is 13.0. The summed E-state index contributed by atoms with van der Waals surface area (Å²) in [6.45, 7) is 4.77. The predicted molar refractivity (Wildman–Crippen MR) is 133 cm³/mol. The lowest BCUT2D eigenvalue weighted by atomic mass is 9.87. The first-order valence-electron chi connectivity index (χ1n) is 11.5. The number of piperidine rings is 1. The first-order chi connectivity index (χ1) is 16.2. The number of sulfonamides is 1. The molecule has 2 N–H and O–H groups in total. The molecule has 0 radical (unpaired) electrons. The van der Waals surface area contributed by atoms with E-state index in [1.165, 1.54) is 0 Å². The Balaban J connectivity index is 1.38. The molecule has 1 unspecified atom stereocenters. The molecule has 1 saturated heterocycles. The molecule has 6 nitrogen and oxygen atoms in total. The average molecular weight is 479 g/mol. The molecule has 34 heavy (non-hydrogen) atoms. The predicted octanol–water partition coefficient (Wildman–Crippen LogP) is 4.69. The lowest BCUT2D eigenvalue weighted by molar-refractivity contribution is 0.0462. The van der Waals surface area contributed by atoms with Crippen molar-refractivity contribution in [1.29, 1.82) is 0 Å². The van der Waals surface area contributed by atoms with E-state index < -0.39 is 16.1 Å². The fraction of sp³-hybridized carbons (Fsp3) is 0.296. The molecule has 4 rings (SSSR count). The van der Waals surface area contributed by atoms with Crippen molar-refractivity contribution < 1.29 is 18.3 Å². The maximum Gasteiger partial charge on any atom is 0.262 e. The van der Waals surface area contributed by atoms with Crippen molar-refractivity contribution in [2.24, 2.45) is 5.92 Å². The Kier molecular flexibility index (Phi) is 7.05. The summed E-state index contributed by atoms with van der Waals surface area (Å²) in [5, 5.41) is 10.7. The molecule has 1 fully saturated rings. The number of carbonyl (C=O) groups excluding carboxylic acids is 1. The topological polar surface area (TPSA) is 86.7 Å². The van der Waals surface area contributed by atoms with Gasteiger partial charge in [0.2, 0.25) is 0 Å². The maximum atomic E-state index is 13.0. The van der Waals surface area contributed by atoms with Crippen molar-refractivity contribution in [2.75, 3.05) is 17.8 Å². The second-order valence-electron chi connectivity index (χ2n) is 8.94. The lowest BCUT2D eigenvalue weighted by Crippen LogP contribution is -2.39. The van der Waals surface area contributed by atoms with E-state index in [1.54, 1.807) is 48.2 Å². The zero-order valence-corrected chi connectivity index (χ0v) is 20.3. The molecule has 178 valence electrons.